The molecule has 1 unspecified atom stereocenters. The second kappa shape index (κ2) is 6.66. The molecule has 0 aromatic carbocycles. The normalized spacial score (nSPS) is 30.9. The Morgan fingerprint density at radius 2 is 1.59 bits per heavy atom. The van der Waals surface area contributed by atoms with Crippen LogP contribution in [-0.4, -0.2) is 71.8 Å². The second-order valence-corrected chi connectivity index (χ2v) is 9.50. The molecule has 8 heteroatoms. The van der Waals surface area contributed by atoms with Gasteiger partial charge in [-0.2, -0.15) is 0 Å². The van der Waals surface area contributed by atoms with Gasteiger partial charge in [0.15, 0.2) is 0 Å². The first-order chi connectivity index (χ1) is 12.7. The number of hydrogen-bond acceptors (Lipinski definition) is 4. The number of nitrogens with zero attached hydrogens (tertiary/aromatic N) is 2. The molecular weight excluding hydrogens is 345 g/mol. The lowest BCUT2D eigenvalue weighted by molar-refractivity contribution is -0.129. The van der Waals surface area contributed by atoms with Crippen LogP contribution in [0.4, 0.5) is 4.79 Å². The van der Waals surface area contributed by atoms with Gasteiger partial charge in [-0.25, -0.2) is 4.79 Å². The van der Waals surface area contributed by atoms with Crippen molar-refractivity contribution in [2.75, 3.05) is 19.6 Å². The first-order valence-corrected chi connectivity index (χ1v) is 10.4. The van der Waals surface area contributed by atoms with Gasteiger partial charge in [0, 0.05) is 25.7 Å². The standard InChI is InChI=1S/C19H32BN3O4/c1-18(2)19(3,4)27-20(26-18)13-7-10-22(11-8-13)17(25)21-15-9-12-23(16(15)24)14-5-6-14/h13-15H,5-12H2,1-4H3,(H,21,25). The predicted octanol–water partition coefficient (Wildman–Crippen LogP) is 2.02. The summed E-state index contributed by atoms with van der Waals surface area (Å²) in [5.74, 6) is 0.395. The monoisotopic (exact) mass is 377 g/mol. The lowest BCUT2D eigenvalue weighted by atomic mass is 9.67. The molecule has 0 aromatic heterocycles. The number of hydrogen-bond donors (Lipinski definition) is 1. The topological polar surface area (TPSA) is 71.1 Å². The van der Waals surface area contributed by atoms with E-state index in [2.05, 4.69) is 33.0 Å². The number of amides is 3. The molecule has 0 spiro atoms. The molecule has 1 saturated carbocycles. The summed E-state index contributed by atoms with van der Waals surface area (Å²) in [6, 6.07) is -0.0349. The summed E-state index contributed by atoms with van der Waals surface area (Å²) >= 11 is 0. The van der Waals surface area contributed by atoms with Gasteiger partial charge in [0.05, 0.1) is 11.2 Å². The Morgan fingerprint density at radius 3 is 2.15 bits per heavy atom. The Kier molecular flexibility index (Phi) is 4.70. The third kappa shape index (κ3) is 3.58. The fraction of sp³-hybridized carbons (Fsp3) is 0.895. The molecule has 3 saturated heterocycles. The average molecular weight is 377 g/mol. The molecule has 1 atom stereocenters. The molecule has 4 fully saturated rings. The number of likely N-dealkylation sites (tertiary alicyclic amines) is 2. The number of carbonyl (C=O) groups is 2. The van der Waals surface area contributed by atoms with Crippen LogP contribution in [-0.2, 0) is 14.1 Å². The molecule has 150 valence electrons. The van der Waals surface area contributed by atoms with Crippen LogP contribution in [0, 0.1) is 0 Å². The van der Waals surface area contributed by atoms with Gasteiger partial charge in [-0.05, 0) is 65.6 Å². The zero-order valence-corrected chi connectivity index (χ0v) is 17.0. The van der Waals surface area contributed by atoms with Crippen LogP contribution in [0.3, 0.4) is 0 Å². The van der Waals surface area contributed by atoms with E-state index in [0.29, 0.717) is 24.9 Å². The van der Waals surface area contributed by atoms with Gasteiger partial charge < -0.3 is 24.4 Å². The Labute approximate surface area is 162 Å². The minimum Gasteiger partial charge on any atom is -0.403 e. The van der Waals surface area contributed by atoms with Crippen LogP contribution in [0.25, 0.3) is 0 Å². The van der Waals surface area contributed by atoms with Crippen molar-refractivity contribution in [3.8, 4) is 0 Å². The highest BCUT2D eigenvalue weighted by Crippen LogP contribution is 2.42. The summed E-state index contributed by atoms with van der Waals surface area (Å²) in [5, 5.41) is 2.95. The highest BCUT2D eigenvalue weighted by Gasteiger charge is 2.54. The summed E-state index contributed by atoms with van der Waals surface area (Å²) in [7, 11) is -0.205. The Bertz CT molecular complexity index is 598. The van der Waals surface area contributed by atoms with Gasteiger partial charge >= 0.3 is 13.1 Å². The van der Waals surface area contributed by atoms with Crippen LogP contribution in [0.5, 0.6) is 0 Å². The Balaban J connectivity index is 1.26. The van der Waals surface area contributed by atoms with Crippen molar-refractivity contribution in [3.63, 3.8) is 0 Å². The third-order valence-electron chi connectivity index (χ3n) is 7.01. The van der Waals surface area contributed by atoms with Crippen LogP contribution < -0.4 is 5.32 Å². The zero-order chi connectivity index (χ0) is 19.4. The highest BCUT2D eigenvalue weighted by molar-refractivity contribution is 6.47. The maximum absolute atomic E-state index is 12.6. The lowest BCUT2D eigenvalue weighted by Crippen LogP contribution is -2.50. The lowest BCUT2D eigenvalue weighted by Gasteiger charge is -2.33. The van der Waals surface area contributed by atoms with Crippen LogP contribution in [0.2, 0.25) is 5.82 Å². The van der Waals surface area contributed by atoms with Crippen LogP contribution in [0.1, 0.15) is 59.8 Å². The van der Waals surface area contributed by atoms with Gasteiger partial charge in [0.2, 0.25) is 5.91 Å². The van der Waals surface area contributed by atoms with E-state index in [4.69, 9.17) is 9.31 Å². The summed E-state index contributed by atoms with van der Waals surface area (Å²) in [6.45, 7) is 10.4. The molecule has 1 N–H and O–H groups in total. The van der Waals surface area contributed by atoms with Crippen molar-refractivity contribution in [2.45, 2.75) is 88.9 Å². The largest absolute Gasteiger partial charge is 0.461 e. The van der Waals surface area contributed by atoms with Crippen LogP contribution in [0.15, 0.2) is 0 Å². The van der Waals surface area contributed by atoms with Crippen molar-refractivity contribution in [1.29, 1.82) is 0 Å². The number of piperidine rings is 1. The first kappa shape index (κ1) is 19.1. The smallest absolute Gasteiger partial charge is 0.403 e. The van der Waals surface area contributed by atoms with E-state index in [1.165, 1.54) is 0 Å². The molecule has 3 amide bonds. The molecule has 0 bridgehead atoms. The third-order valence-corrected chi connectivity index (χ3v) is 7.01. The van der Waals surface area contributed by atoms with E-state index >= 15 is 0 Å². The van der Waals surface area contributed by atoms with Crippen molar-refractivity contribution >= 4 is 19.1 Å². The van der Waals surface area contributed by atoms with Crippen LogP contribution >= 0.6 is 0 Å². The SMILES string of the molecule is CC1(C)OB(C2CCN(C(=O)NC3CCN(C4CC4)C3=O)CC2)OC1(C)C. The fourth-order valence-corrected chi connectivity index (χ4v) is 4.28. The number of rotatable bonds is 3. The van der Waals surface area contributed by atoms with Gasteiger partial charge in [-0.15, -0.1) is 0 Å². The average Bonchev–Trinajstić information content (AvgIpc) is 3.34. The zero-order valence-electron chi connectivity index (χ0n) is 17.0. The number of urea groups is 1. The second-order valence-electron chi connectivity index (χ2n) is 9.50. The quantitative estimate of drug-likeness (QED) is 0.764. The Morgan fingerprint density at radius 1 is 1.00 bits per heavy atom. The molecule has 1 aliphatic carbocycles. The molecular formula is C19H32BN3O4. The summed E-state index contributed by atoms with van der Waals surface area (Å²) in [4.78, 5) is 28.8. The van der Waals surface area contributed by atoms with Gasteiger partial charge in [0.1, 0.15) is 6.04 Å². The minimum absolute atomic E-state index is 0.0953. The van der Waals surface area contributed by atoms with E-state index < -0.39 is 0 Å². The highest BCUT2D eigenvalue weighted by atomic mass is 16.7. The maximum atomic E-state index is 12.6. The summed E-state index contributed by atoms with van der Waals surface area (Å²) < 4.78 is 12.3. The predicted molar refractivity (Wildman–Crippen MR) is 102 cm³/mol. The maximum Gasteiger partial charge on any atom is 0.461 e. The van der Waals surface area contributed by atoms with Crippen molar-refractivity contribution in [2.24, 2.45) is 0 Å². The molecule has 7 nitrogen and oxygen atoms in total. The molecule has 3 heterocycles. The summed E-state index contributed by atoms with van der Waals surface area (Å²) in [6.07, 6.45) is 4.66. The first-order valence-electron chi connectivity index (χ1n) is 10.4. The van der Waals surface area contributed by atoms with E-state index in [1.54, 1.807) is 0 Å². The number of nitrogens with one attached hydrogen (secondary N) is 1. The van der Waals surface area contributed by atoms with E-state index in [0.717, 1.165) is 38.6 Å². The molecule has 4 rings (SSSR count). The van der Waals surface area contributed by atoms with E-state index in [9.17, 15) is 9.59 Å². The fourth-order valence-electron chi connectivity index (χ4n) is 4.28. The van der Waals surface area contributed by atoms with E-state index in [1.807, 2.05) is 9.80 Å². The molecule has 27 heavy (non-hydrogen) atoms. The van der Waals surface area contributed by atoms with E-state index in [-0.39, 0.29) is 36.3 Å². The molecule has 4 aliphatic rings. The van der Waals surface area contributed by atoms with Gasteiger partial charge in [-0.1, -0.05) is 0 Å². The Hall–Kier alpha value is -1.28. The van der Waals surface area contributed by atoms with Crippen molar-refractivity contribution in [3.05, 3.63) is 0 Å². The minimum atomic E-state index is -0.348. The molecule has 3 aliphatic heterocycles. The molecule has 0 aromatic rings. The van der Waals surface area contributed by atoms with Crippen molar-refractivity contribution < 1.29 is 18.9 Å². The molecule has 0 radical (unpaired) electrons. The summed E-state index contributed by atoms with van der Waals surface area (Å²) in [5.41, 5.74) is -0.634. The van der Waals surface area contributed by atoms with Crippen molar-refractivity contribution in [1.82, 2.24) is 15.1 Å². The van der Waals surface area contributed by atoms with Gasteiger partial charge in [-0.3, -0.25) is 4.79 Å². The van der Waals surface area contributed by atoms with Gasteiger partial charge in [0.25, 0.3) is 0 Å². The number of carbonyl (C=O) groups excluding carboxylic acids is 2.